The summed E-state index contributed by atoms with van der Waals surface area (Å²) in [6.07, 6.45) is 2.79. The van der Waals surface area contributed by atoms with E-state index in [0.29, 0.717) is 18.7 Å². The maximum absolute atomic E-state index is 13.0. The minimum Gasteiger partial charge on any atom is -0.378 e. The van der Waals surface area contributed by atoms with E-state index in [9.17, 15) is 13.2 Å². The summed E-state index contributed by atoms with van der Waals surface area (Å²) >= 11 is 0. The van der Waals surface area contributed by atoms with Crippen molar-refractivity contribution in [1.82, 2.24) is 9.62 Å². The van der Waals surface area contributed by atoms with Crippen molar-refractivity contribution in [2.24, 2.45) is 0 Å². The van der Waals surface area contributed by atoms with Crippen LogP contribution in [0.4, 0.5) is 5.69 Å². The third-order valence-corrected chi connectivity index (χ3v) is 7.36. The molecule has 0 radical (unpaired) electrons. The Morgan fingerprint density at radius 2 is 1.86 bits per heavy atom. The normalized spacial score (nSPS) is 17.7. The number of nitrogens with one attached hydrogen (secondary N) is 1. The lowest BCUT2D eigenvalue weighted by molar-refractivity contribution is 0.0950. The molecule has 0 saturated carbocycles. The van der Waals surface area contributed by atoms with E-state index in [4.69, 9.17) is 0 Å². The van der Waals surface area contributed by atoms with Gasteiger partial charge in [-0.05, 0) is 55.7 Å². The minimum absolute atomic E-state index is 0.0173. The molecule has 1 aliphatic heterocycles. The molecule has 2 aromatic carbocycles. The van der Waals surface area contributed by atoms with Crippen LogP contribution in [0.1, 0.15) is 42.1 Å². The van der Waals surface area contributed by atoms with Gasteiger partial charge in [0.05, 0.1) is 4.90 Å². The Labute approximate surface area is 173 Å². The highest BCUT2D eigenvalue weighted by Gasteiger charge is 2.31. The Bertz CT molecular complexity index is 956. The first-order valence-corrected chi connectivity index (χ1v) is 11.4. The minimum atomic E-state index is -3.60. The molecule has 7 heteroatoms. The van der Waals surface area contributed by atoms with Gasteiger partial charge in [-0.2, -0.15) is 4.31 Å². The van der Waals surface area contributed by atoms with Gasteiger partial charge in [-0.3, -0.25) is 4.79 Å². The van der Waals surface area contributed by atoms with Crippen LogP contribution < -0.4 is 10.2 Å². The number of hydrogen-bond acceptors (Lipinski definition) is 4. The molecule has 6 nitrogen and oxygen atoms in total. The fraction of sp³-hybridized carbons (Fsp3) is 0.409. The summed E-state index contributed by atoms with van der Waals surface area (Å²) in [6.45, 7) is 2.85. The maximum Gasteiger partial charge on any atom is 0.251 e. The largest absolute Gasteiger partial charge is 0.378 e. The van der Waals surface area contributed by atoms with Gasteiger partial charge in [0.2, 0.25) is 10.0 Å². The van der Waals surface area contributed by atoms with Crippen molar-refractivity contribution in [1.29, 1.82) is 0 Å². The van der Waals surface area contributed by atoms with E-state index in [1.807, 2.05) is 50.2 Å². The molecule has 0 aliphatic carbocycles. The van der Waals surface area contributed by atoms with Crippen molar-refractivity contribution in [2.45, 2.75) is 43.7 Å². The highest BCUT2D eigenvalue weighted by atomic mass is 32.2. The quantitative estimate of drug-likeness (QED) is 0.786. The fourth-order valence-electron chi connectivity index (χ4n) is 3.56. The number of piperidine rings is 1. The first-order valence-electron chi connectivity index (χ1n) is 9.95. The van der Waals surface area contributed by atoms with Crippen molar-refractivity contribution in [3.63, 3.8) is 0 Å². The summed E-state index contributed by atoms with van der Waals surface area (Å²) in [5.41, 5.74) is 2.42. The summed E-state index contributed by atoms with van der Waals surface area (Å²) in [7, 11) is 0.351. The molecule has 2 aromatic rings. The molecule has 0 spiro atoms. The Morgan fingerprint density at radius 1 is 1.14 bits per heavy atom. The van der Waals surface area contributed by atoms with E-state index in [1.54, 1.807) is 22.5 Å². The van der Waals surface area contributed by atoms with Gasteiger partial charge >= 0.3 is 0 Å². The molecule has 0 bridgehead atoms. The molecule has 3 rings (SSSR count). The number of anilines is 1. The molecule has 1 fully saturated rings. The van der Waals surface area contributed by atoms with Crippen molar-refractivity contribution < 1.29 is 13.2 Å². The third kappa shape index (κ3) is 4.97. The lowest BCUT2D eigenvalue weighted by atomic mass is 10.1. The number of hydrogen-bond donors (Lipinski definition) is 1. The number of rotatable bonds is 6. The molecule has 156 valence electrons. The van der Waals surface area contributed by atoms with Gasteiger partial charge in [0.1, 0.15) is 0 Å². The zero-order valence-electron chi connectivity index (χ0n) is 17.3. The average Bonchev–Trinajstić information content (AvgIpc) is 2.72. The van der Waals surface area contributed by atoms with Crippen LogP contribution in [0.15, 0.2) is 53.4 Å². The van der Waals surface area contributed by atoms with Gasteiger partial charge in [-0.1, -0.05) is 24.6 Å². The van der Waals surface area contributed by atoms with Gasteiger partial charge < -0.3 is 10.2 Å². The van der Waals surface area contributed by atoms with Crippen LogP contribution in [0.2, 0.25) is 0 Å². The number of benzene rings is 2. The second-order valence-corrected chi connectivity index (χ2v) is 9.62. The van der Waals surface area contributed by atoms with Gasteiger partial charge in [-0.15, -0.1) is 0 Å². The van der Waals surface area contributed by atoms with E-state index < -0.39 is 10.0 Å². The van der Waals surface area contributed by atoms with Gasteiger partial charge in [0.15, 0.2) is 0 Å². The number of sulfonamides is 1. The Morgan fingerprint density at radius 3 is 2.52 bits per heavy atom. The summed E-state index contributed by atoms with van der Waals surface area (Å²) in [5.74, 6) is -0.287. The number of carbonyl (C=O) groups excluding carboxylic acids is 1. The highest BCUT2D eigenvalue weighted by molar-refractivity contribution is 7.89. The van der Waals surface area contributed by atoms with Gasteiger partial charge in [0.25, 0.3) is 5.91 Å². The smallest absolute Gasteiger partial charge is 0.251 e. The Balaban J connectivity index is 1.70. The molecule has 1 amide bonds. The first-order chi connectivity index (χ1) is 13.8. The highest BCUT2D eigenvalue weighted by Crippen LogP contribution is 2.25. The molecule has 1 aliphatic rings. The zero-order chi connectivity index (χ0) is 21.0. The lowest BCUT2D eigenvalue weighted by Crippen LogP contribution is -2.42. The maximum atomic E-state index is 13.0. The summed E-state index contributed by atoms with van der Waals surface area (Å²) < 4.78 is 27.6. The number of amides is 1. The predicted octanol–water partition coefficient (Wildman–Crippen LogP) is 3.25. The Hall–Kier alpha value is -2.38. The van der Waals surface area contributed by atoms with Crippen LogP contribution >= 0.6 is 0 Å². The fourth-order valence-corrected chi connectivity index (χ4v) is 5.30. The molecule has 1 atom stereocenters. The monoisotopic (exact) mass is 415 g/mol. The Kier molecular flexibility index (Phi) is 6.59. The molecule has 29 heavy (non-hydrogen) atoms. The van der Waals surface area contributed by atoms with E-state index in [2.05, 4.69) is 5.32 Å². The second kappa shape index (κ2) is 8.97. The third-order valence-electron chi connectivity index (χ3n) is 5.35. The molecule has 0 aromatic heterocycles. The molecule has 1 heterocycles. The summed E-state index contributed by atoms with van der Waals surface area (Å²) in [5, 5.41) is 2.87. The lowest BCUT2D eigenvalue weighted by Gasteiger charge is -2.32. The topological polar surface area (TPSA) is 69.7 Å². The van der Waals surface area contributed by atoms with Crippen molar-refractivity contribution in [2.75, 3.05) is 25.5 Å². The van der Waals surface area contributed by atoms with E-state index in [0.717, 1.165) is 30.5 Å². The van der Waals surface area contributed by atoms with E-state index in [-0.39, 0.29) is 16.8 Å². The van der Waals surface area contributed by atoms with Crippen LogP contribution in [0.5, 0.6) is 0 Å². The predicted molar refractivity (Wildman–Crippen MR) is 116 cm³/mol. The summed E-state index contributed by atoms with van der Waals surface area (Å²) in [4.78, 5) is 14.8. The van der Waals surface area contributed by atoms with Crippen LogP contribution in [0.3, 0.4) is 0 Å². The molecular formula is C22H29N3O3S. The molecule has 1 N–H and O–H groups in total. The van der Waals surface area contributed by atoms with Crippen LogP contribution in [0, 0.1) is 0 Å². The SMILES string of the molecule is C[C@@H]1CCCCN1S(=O)(=O)c1cccc(C(=O)NCc2ccc(N(C)C)cc2)c1. The van der Waals surface area contributed by atoms with Crippen LogP contribution in [-0.4, -0.2) is 45.3 Å². The molecular weight excluding hydrogens is 386 g/mol. The average molecular weight is 416 g/mol. The zero-order valence-corrected chi connectivity index (χ0v) is 18.1. The summed E-state index contributed by atoms with van der Waals surface area (Å²) in [6, 6.07) is 14.2. The number of nitrogens with zero attached hydrogens (tertiary/aromatic N) is 2. The van der Waals surface area contributed by atoms with Crippen molar-refractivity contribution >= 4 is 21.6 Å². The van der Waals surface area contributed by atoms with E-state index in [1.165, 1.54) is 6.07 Å². The molecule has 0 unspecified atom stereocenters. The van der Waals surface area contributed by atoms with Crippen molar-refractivity contribution in [3.05, 3.63) is 59.7 Å². The molecule has 1 saturated heterocycles. The van der Waals surface area contributed by atoms with Crippen LogP contribution in [0.25, 0.3) is 0 Å². The second-order valence-electron chi connectivity index (χ2n) is 7.73. The van der Waals surface area contributed by atoms with E-state index >= 15 is 0 Å². The number of carbonyl (C=O) groups is 1. The van der Waals surface area contributed by atoms with Gasteiger partial charge in [0, 0.05) is 44.5 Å². The van der Waals surface area contributed by atoms with Crippen molar-refractivity contribution in [3.8, 4) is 0 Å². The standard InChI is InChI=1S/C22H29N3O3S/c1-17-7-4-5-14-25(17)29(27,28)21-9-6-8-19(15-21)22(26)23-16-18-10-12-20(13-11-18)24(2)3/h6,8-13,15,17H,4-5,7,14,16H2,1-3H3,(H,23,26)/t17-/m1/s1. The first kappa shape index (κ1) is 21.3. The van der Waals surface area contributed by atoms with Crippen LogP contribution in [-0.2, 0) is 16.6 Å². The van der Waals surface area contributed by atoms with Gasteiger partial charge in [-0.25, -0.2) is 8.42 Å².